The van der Waals surface area contributed by atoms with E-state index in [1.165, 1.54) is 43.4 Å². The number of terminal acetylenes is 1. The molecule has 634 valence electrons. The highest BCUT2D eigenvalue weighted by Gasteiger charge is 2.41. The number of hydrogen-bond donors (Lipinski definition) is 1. The van der Waals surface area contributed by atoms with E-state index in [0.29, 0.717) is 24.2 Å². The van der Waals surface area contributed by atoms with Gasteiger partial charge in [-0.25, -0.2) is 29.9 Å². The lowest BCUT2D eigenvalue weighted by Gasteiger charge is -2.41. The second kappa shape index (κ2) is 83.0. The molecule has 4 aliphatic heterocycles. The smallest absolute Gasteiger partial charge is 0.225 e. The van der Waals surface area contributed by atoms with Crippen LogP contribution < -0.4 is 20.0 Å². The zero-order chi connectivity index (χ0) is 77.9. The molecule has 112 heavy (non-hydrogen) atoms. The third-order valence-electron chi connectivity index (χ3n) is 10.7. The quantitative estimate of drug-likeness (QED) is 0.203. The molecule has 10 nitrogen and oxygen atoms in total. The van der Waals surface area contributed by atoms with E-state index in [9.17, 15) is 0 Å². The van der Waals surface area contributed by atoms with E-state index < -0.39 is 8.07 Å². The summed E-state index contributed by atoms with van der Waals surface area (Å²) < 4.78 is 0. The Bertz CT molecular complexity index is 6700. The molecule has 0 amide bonds. The topological polar surface area (TPSA) is 99.1 Å². The molecule has 4 aliphatic rings. The number of hydrogen-bond acceptors (Lipinski definition) is 12. The summed E-state index contributed by atoms with van der Waals surface area (Å²) in [6.45, 7) is 12.7. The standard InChI is InChI=1S/C17H17N5.C16H23N3Si.C5H6N2.CH4.ClH.S61/c1-2-13-4-7-16(20-10-13)21-11-14-5-6-15(12-21)22(14)17-18-8-3-9-19-17;1-20(2,3)9-8-13-4-7-16(17-10-13)19-11-14-5-6-15(12-19)18-14;1-5-6-3-2-4-7-5;;;1-3-5-7-9-11-13-15-17-19-21-23-25-27-29-31-33-35-37-39-41-43-45-47-49-51-53-55-57-59-61-60-58-56-54-52-50-48-46-44-42-40-38-36-34-32-30-28-26-24-22-20-18-16-14-12-10-8-6-4-2/h1,3-4,7-10,14-15H,5-6,11-12H2;4,7,10,14-15,18H,5-6,11-12H2,1-3H3;2-4H,1H3;1H4;1H;. The number of anilines is 3. The molecule has 4 unspecified atom stereocenters. The lowest BCUT2D eigenvalue weighted by Crippen LogP contribution is -2.54. The maximum Gasteiger partial charge on any atom is 0.225 e. The summed E-state index contributed by atoms with van der Waals surface area (Å²) in [7, 11) is 105. The van der Waals surface area contributed by atoms with Crippen LogP contribution in [-0.4, -0.2) is 88.3 Å². The highest BCUT2D eigenvalue weighted by molar-refractivity contribution is 8.83. The van der Waals surface area contributed by atoms with Crippen molar-refractivity contribution < 1.29 is 0 Å². The van der Waals surface area contributed by atoms with Crippen molar-refractivity contribution >= 4 is 584 Å². The lowest BCUT2D eigenvalue weighted by molar-refractivity contribution is 0.463. The fourth-order valence-electron chi connectivity index (χ4n) is 7.41. The fraction of sp³-hybridized carbons (Fsp3) is 0.436. The number of fused-ring (bicyclic) bond motifs is 4. The molecule has 8 heterocycles. The van der Waals surface area contributed by atoms with Crippen LogP contribution >= 0.6 is 12.4 Å². The van der Waals surface area contributed by atoms with E-state index in [-0.39, 0.29) is 19.8 Å². The van der Waals surface area contributed by atoms with Crippen LogP contribution in [0.2, 0.25) is 19.6 Å². The lowest BCUT2D eigenvalue weighted by atomic mass is 10.2. The minimum Gasteiger partial charge on any atom is -0.353 e. The van der Waals surface area contributed by atoms with Gasteiger partial charge in [-0.1, -0.05) is 38.9 Å². The summed E-state index contributed by atoms with van der Waals surface area (Å²) >= 11 is 9.64. The molecule has 73 heteroatoms. The van der Waals surface area contributed by atoms with Crippen LogP contribution in [0.1, 0.15) is 50.1 Å². The first-order valence-electron chi connectivity index (χ1n) is 27.2. The van der Waals surface area contributed by atoms with Crippen LogP contribution in [0, 0.1) is 30.7 Å². The number of aromatic nitrogens is 6. The van der Waals surface area contributed by atoms with Gasteiger partial charge in [-0.15, -0.1) is 24.4 Å². The second-order valence-corrected chi connectivity index (χ2v) is 127. The van der Waals surface area contributed by atoms with Gasteiger partial charge in [0, 0.05) is 645 Å². The van der Waals surface area contributed by atoms with Crippen molar-refractivity contribution in [2.45, 2.75) is 83.8 Å². The predicted molar refractivity (Wildman–Crippen MR) is 662 cm³/mol. The first-order valence-corrected chi connectivity index (χ1v) is 111. The average molecular weight is 2680 g/mol. The first-order chi connectivity index (χ1) is 54.1. The SMILES string of the molecule is C.C#Cc1ccc(N2CC3CCC(C2)N3c2ncccn2)nc1.C[Si](C)(C)C#Cc1ccc(N2CC3CCC(C2)N3)nc1.Cc1ncccn1.Cl.S=S=S=S=S=S=S=S=S=S=S=S=S=S=S=S=S=S=S=S=S=S=S=S=S=S=S=S=S=S=S=S=S=S=S=S=S=S=S=S=S=S=S=S=S=S=S=S=S=S=S=S=S=S=S=S=S=S=S=S=S. The van der Waals surface area contributed by atoms with Crippen LogP contribution in [-0.2, 0) is 546 Å². The first kappa shape index (κ1) is 115. The van der Waals surface area contributed by atoms with Crippen molar-refractivity contribution in [2.75, 3.05) is 40.9 Å². The Morgan fingerprint density at radius 2 is 0.625 bits per heavy atom. The van der Waals surface area contributed by atoms with Crippen LogP contribution in [0.4, 0.5) is 17.6 Å². The van der Waals surface area contributed by atoms with Crippen molar-refractivity contribution in [1.82, 2.24) is 35.2 Å². The molecule has 0 spiro atoms. The predicted octanol–water partition coefficient (Wildman–Crippen LogP) is 5.66. The Kier molecular flexibility index (Phi) is 85.2. The second-order valence-electron chi connectivity index (χ2n) is 18.1. The zero-order valence-corrected chi connectivity index (χ0v) is 106. The molecule has 0 saturated carbocycles. The Labute approximate surface area is 839 Å². The van der Waals surface area contributed by atoms with Gasteiger partial charge in [-0.3, -0.25) is 0 Å². The number of nitrogens with zero attached hydrogens (tertiary/aromatic N) is 9. The third-order valence-corrected chi connectivity index (χ3v) is 140. The average Bonchev–Trinajstić information content (AvgIpc) is 1.64. The molecular formula is C39H51ClN10S61Si. The molecule has 1 N–H and O–H groups in total. The van der Waals surface area contributed by atoms with Gasteiger partial charge < -0.3 is 20.0 Å². The number of aryl methyl sites for hydroxylation is 1. The fourth-order valence-corrected chi connectivity index (χ4v) is 164. The number of nitrogens with one attached hydrogen (secondary N) is 1. The molecule has 4 fully saturated rings. The molecule has 4 atom stereocenters. The van der Waals surface area contributed by atoms with Gasteiger partial charge in [0.05, 0.1) is 0 Å². The molecule has 0 aromatic carbocycles. The van der Waals surface area contributed by atoms with Crippen LogP contribution in [0.15, 0.2) is 73.6 Å². The largest absolute Gasteiger partial charge is 0.353 e. The molecular weight excluding hydrogens is 2630 g/mol. The van der Waals surface area contributed by atoms with Gasteiger partial charge in [0.15, 0.2) is 0 Å². The Hall–Kier alpha value is 8.87. The van der Waals surface area contributed by atoms with Gasteiger partial charge in [0.2, 0.25) is 5.95 Å². The summed E-state index contributed by atoms with van der Waals surface area (Å²) in [6.07, 6.45) is 21.1. The highest BCUT2D eigenvalue weighted by atomic mass is 35.5. The number of piperazine rings is 2. The van der Waals surface area contributed by atoms with Crippen LogP contribution in [0.5, 0.6) is 0 Å². The molecule has 4 saturated heterocycles. The van der Waals surface area contributed by atoms with Crippen LogP contribution in [0.25, 0.3) is 0 Å². The molecule has 0 aliphatic carbocycles. The van der Waals surface area contributed by atoms with Crippen molar-refractivity contribution in [3.8, 4) is 23.8 Å². The molecule has 4 bridgehead atoms. The summed E-state index contributed by atoms with van der Waals surface area (Å²) in [5, 5.41) is 3.65. The zero-order valence-electron chi connectivity index (χ0n) is 54.3. The molecule has 8 rings (SSSR count). The summed E-state index contributed by atoms with van der Waals surface area (Å²) in [5.41, 5.74) is 5.25. The Morgan fingerprint density at radius 3 is 0.857 bits per heavy atom. The summed E-state index contributed by atoms with van der Waals surface area (Å²) in [6, 6.07) is 14.1. The van der Waals surface area contributed by atoms with E-state index in [1.54, 1.807) is 131 Å². The maximum absolute atomic E-state index is 5.39. The maximum atomic E-state index is 5.39. The van der Waals surface area contributed by atoms with E-state index in [0.717, 1.165) is 60.7 Å². The minimum absolute atomic E-state index is 0. The summed E-state index contributed by atoms with van der Waals surface area (Å²) in [5.74, 6) is 9.65. The van der Waals surface area contributed by atoms with Crippen molar-refractivity contribution in [1.29, 1.82) is 0 Å². The Balaban J connectivity index is 0.000000502. The monoisotopic (exact) mass is 2670 g/mol. The van der Waals surface area contributed by atoms with Gasteiger partial charge in [-0.2, -0.15) is 0 Å². The van der Waals surface area contributed by atoms with Crippen LogP contribution in [0.3, 0.4) is 0 Å². The van der Waals surface area contributed by atoms with E-state index >= 15 is 0 Å². The van der Waals surface area contributed by atoms with Gasteiger partial charge in [-0.05, 0) is 69.0 Å². The molecule has 0 radical (unpaired) electrons. The Morgan fingerprint density at radius 1 is 0.366 bits per heavy atom. The summed E-state index contributed by atoms with van der Waals surface area (Å²) in [4.78, 5) is 32.8. The number of halogens is 1. The van der Waals surface area contributed by atoms with E-state index in [4.69, 9.17) is 28.8 Å². The van der Waals surface area contributed by atoms with Crippen molar-refractivity contribution in [3.05, 3.63) is 90.5 Å². The third kappa shape index (κ3) is 63.8. The van der Waals surface area contributed by atoms with Crippen molar-refractivity contribution in [2.24, 2.45) is 0 Å². The van der Waals surface area contributed by atoms with Gasteiger partial charge >= 0.3 is 0 Å². The highest BCUT2D eigenvalue weighted by Crippen LogP contribution is 2.34. The molecule has 4 aromatic rings. The van der Waals surface area contributed by atoms with E-state index in [2.05, 4.69) is 99.1 Å². The van der Waals surface area contributed by atoms with Crippen molar-refractivity contribution in [3.63, 3.8) is 0 Å². The number of pyridine rings is 2. The van der Waals surface area contributed by atoms with Gasteiger partial charge in [0.25, 0.3) is 0 Å². The van der Waals surface area contributed by atoms with E-state index in [1.807, 2.05) is 443 Å². The minimum atomic E-state index is -1.30. The number of rotatable bonds is 3. The van der Waals surface area contributed by atoms with Gasteiger partial charge in [0.1, 0.15) is 25.5 Å². The normalized spacial score (nSPS) is 13.9. The molecule has 4 aromatic heterocycles.